The molecule has 1 aliphatic carbocycles. The Morgan fingerprint density at radius 3 is 2.38 bits per heavy atom. The van der Waals surface area contributed by atoms with E-state index in [-0.39, 0.29) is 11.6 Å². The third-order valence-electron chi connectivity index (χ3n) is 6.68. The molecule has 1 aromatic heterocycles. The molecule has 0 fully saturated rings. The molecule has 0 bridgehead atoms. The lowest BCUT2D eigenvalue weighted by atomic mass is 9.84. The molecule has 6 rings (SSSR count). The first-order chi connectivity index (χ1) is 18.0. The predicted octanol–water partition coefficient (Wildman–Crippen LogP) is 7.55. The number of rotatable bonds is 3. The third-order valence-corrected chi connectivity index (χ3v) is 8.66. The topological polar surface area (TPSA) is 34.4 Å². The Hall–Kier alpha value is -2.70. The lowest BCUT2D eigenvalue weighted by molar-refractivity contribution is 0.553. The largest absolute Gasteiger partial charge is 0.272 e. The minimum absolute atomic E-state index is 0.0240. The van der Waals surface area contributed by atoms with Crippen LogP contribution in [-0.4, -0.2) is 4.57 Å². The second kappa shape index (κ2) is 10.2. The van der Waals surface area contributed by atoms with Crippen molar-refractivity contribution in [3.63, 3.8) is 0 Å². The summed E-state index contributed by atoms with van der Waals surface area (Å²) in [5.41, 5.74) is 6.43. The van der Waals surface area contributed by atoms with E-state index in [0.29, 0.717) is 19.4 Å². The highest BCUT2D eigenvalue weighted by Crippen LogP contribution is 2.41. The Kier molecular flexibility index (Phi) is 6.80. The molecular formula is C30H21BrCl2N2OS. The number of benzene rings is 3. The van der Waals surface area contributed by atoms with Gasteiger partial charge in [0.1, 0.15) is 0 Å². The summed E-state index contributed by atoms with van der Waals surface area (Å²) in [4.78, 5) is 19.7. The number of nitrogens with zero attached hydrogens (tertiary/aromatic N) is 2. The molecule has 7 heteroatoms. The van der Waals surface area contributed by atoms with Crippen molar-refractivity contribution >= 4 is 62.6 Å². The first kappa shape index (κ1) is 24.6. The number of thiazole rings is 1. The zero-order chi connectivity index (χ0) is 25.5. The Labute approximate surface area is 236 Å². The highest BCUT2D eigenvalue weighted by atomic mass is 79.9. The highest BCUT2D eigenvalue weighted by molar-refractivity contribution is 9.10. The lowest BCUT2D eigenvalue weighted by Crippen LogP contribution is -2.39. The van der Waals surface area contributed by atoms with Gasteiger partial charge < -0.3 is 0 Å². The number of fused-ring (bicyclic) bond motifs is 1. The Balaban J connectivity index is 1.57. The minimum Gasteiger partial charge on any atom is -0.272 e. The van der Waals surface area contributed by atoms with Gasteiger partial charge in [0, 0.05) is 14.5 Å². The van der Waals surface area contributed by atoms with Gasteiger partial charge in [-0.2, -0.15) is 0 Å². The molecule has 0 amide bonds. The molecule has 4 aromatic rings. The van der Waals surface area contributed by atoms with Gasteiger partial charge in [-0.3, -0.25) is 9.36 Å². The summed E-state index contributed by atoms with van der Waals surface area (Å²) in [5.74, 6) is 0. The van der Waals surface area contributed by atoms with E-state index in [0.717, 1.165) is 46.1 Å². The van der Waals surface area contributed by atoms with Crippen LogP contribution < -0.4 is 14.9 Å². The van der Waals surface area contributed by atoms with Gasteiger partial charge in [-0.15, -0.1) is 0 Å². The van der Waals surface area contributed by atoms with E-state index in [1.54, 1.807) is 0 Å². The van der Waals surface area contributed by atoms with Crippen LogP contribution in [0, 0.1) is 0 Å². The van der Waals surface area contributed by atoms with Crippen molar-refractivity contribution in [3.8, 4) is 0 Å². The summed E-state index contributed by atoms with van der Waals surface area (Å²) in [5, 5.41) is 1.39. The molecule has 3 nitrogen and oxygen atoms in total. The van der Waals surface area contributed by atoms with Gasteiger partial charge >= 0.3 is 0 Å². The summed E-state index contributed by atoms with van der Waals surface area (Å²) < 4.78 is 3.50. The summed E-state index contributed by atoms with van der Waals surface area (Å²) in [6.45, 7) is 0. The van der Waals surface area contributed by atoms with Crippen LogP contribution in [0.25, 0.3) is 12.2 Å². The Bertz CT molecular complexity index is 1750. The van der Waals surface area contributed by atoms with E-state index in [9.17, 15) is 4.79 Å². The molecule has 3 aromatic carbocycles. The standard InChI is InChI=1S/C30H21BrCl2N2OS/c31-22-5-1-3-19(16-22)17-26-29(36)35-28(20-9-13-24(33)14-10-20)25-6-2-4-21(27(25)34-30(35)37-26)15-18-7-11-23(32)12-8-18/h1,3,5,7-17,28H,2,4,6H2. The van der Waals surface area contributed by atoms with Gasteiger partial charge in [0.2, 0.25) is 0 Å². The van der Waals surface area contributed by atoms with Crippen LogP contribution in [0.2, 0.25) is 10.0 Å². The van der Waals surface area contributed by atoms with E-state index in [1.807, 2.05) is 83.4 Å². The van der Waals surface area contributed by atoms with Crippen LogP contribution in [0.15, 0.2) is 104 Å². The minimum atomic E-state index is -0.220. The van der Waals surface area contributed by atoms with E-state index in [4.69, 9.17) is 28.2 Å². The van der Waals surface area contributed by atoms with Crippen LogP contribution in [0.4, 0.5) is 0 Å². The fraction of sp³-hybridized carbons (Fsp3) is 0.133. The highest BCUT2D eigenvalue weighted by Gasteiger charge is 2.32. The normalized spacial score (nSPS) is 18.5. The van der Waals surface area contributed by atoms with E-state index >= 15 is 0 Å². The van der Waals surface area contributed by atoms with Gasteiger partial charge in [0.05, 0.1) is 16.3 Å². The number of hydrogen-bond acceptors (Lipinski definition) is 3. The van der Waals surface area contributed by atoms with Crippen molar-refractivity contribution in [1.29, 1.82) is 0 Å². The maximum atomic E-state index is 13.8. The Morgan fingerprint density at radius 1 is 0.919 bits per heavy atom. The van der Waals surface area contributed by atoms with Gasteiger partial charge in [0.15, 0.2) is 4.80 Å². The smallest absolute Gasteiger partial charge is 0.271 e. The lowest BCUT2D eigenvalue weighted by Gasteiger charge is -2.31. The number of allylic oxidation sites excluding steroid dienone is 2. The van der Waals surface area contributed by atoms with Crippen LogP contribution in [0.5, 0.6) is 0 Å². The van der Waals surface area contributed by atoms with Gasteiger partial charge in [-0.25, -0.2) is 4.99 Å². The predicted molar refractivity (Wildman–Crippen MR) is 157 cm³/mol. The van der Waals surface area contributed by atoms with E-state index in [1.165, 1.54) is 22.5 Å². The zero-order valence-electron chi connectivity index (χ0n) is 19.6. The number of halogens is 3. The zero-order valence-corrected chi connectivity index (χ0v) is 23.5. The average Bonchev–Trinajstić information content (AvgIpc) is 3.19. The number of hydrogen-bond donors (Lipinski definition) is 0. The molecule has 1 aliphatic heterocycles. The molecule has 37 heavy (non-hydrogen) atoms. The summed E-state index contributed by atoms with van der Waals surface area (Å²) in [6, 6.07) is 23.4. The first-order valence-electron chi connectivity index (χ1n) is 12.0. The van der Waals surface area contributed by atoms with Gasteiger partial charge in [-0.05, 0) is 95.6 Å². The van der Waals surface area contributed by atoms with Crippen LogP contribution in [-0.2, 0) is 0 Å². The van der Waals surface area contributed by atoms with Crippen molar-refractivity contribution in [1.82, 2.24) is 4.57 Å². The van der Waals surface area contributed by atoms with Gasteiger partial charge in [0.25, 0.3) is 5.56 Å². The third kappa shape index (κ3) is 4.94. The monoisotopic (exact) mass is 606 g/mol. The van der Waals surface area contributed by atoms with Crippen LogP contribution in [0.3, 0.4) is 0 Å². The van der Waals surface area contributed by atoms with E-state index in [2.05, 4.69) is 22.0 Å². The van der Waals surface area contributed by atoms with E-state index < -0.39 is 0 Å². The van der Waals surface area contributed by atoms with Gasteiger partial charge in [-0.1, -0.05) is 86.9 Å². The summed E-state index contributed by atoms with van der Waals surface area (Å²) >= 11 is 17.3. The van der Waals surface area contributed by atoms with Crippen LogP contribution in [0.1, 0.15) is 42.0 Å². The molecule has 0 saturated heterocycles. The van der Waals surface area contributed by atoms with Crippen molar-refractivity contribution in [2.24, 2.45) is 4.99 Å². The van der Waals surface area contributed by atoms with Crippen molar-refractivity contribution < 1.29 is 0 Å². The molecular weight excluding hydrogens is 587 g/mol. The molecule has 184 valence electrons. The summed E-state index contributed by atoms with van der Waals surface area (Å²) in [6.07, 6.45) is 6.97. The van der Waals surface area contributed by atoms with Crippen molar-refractivity contribution in [3.05, 3.63) is 141 Å². The maximum Gasteiger partial charge on any atom is 0.271 e. The first-order valence-corrected chi connectivity index (χ1v) is 14.4. The Morgan fingerprint density at radius 2 is 1.65 bits per heavy atom. The van der Waals surface area contributed by atoms with Crippen LogP contribution >= 0.6 is 50.5 Å². The average molecular weight is 608 g/mol. The number of aromatic nitrogens is 1. The second-order valence-electron chi connectivity index (χ2n) is 9.14. The molecule has 2 heterocycles. The molecule has 1 unspecified atom stereocenters. The molecule has 2 aliphatic rings. The molecule has 0 N–H and O–H groups in total. The second-order valence-corrected chi connectivity index (χ2v) is 11.9. The molecule has 0 saturated carbocycles. The maximum absolute atomic E-state index is 13.8. The fourth-order valence-electron chi connectivity index (χ4n) is 5.01. The molecule has 0 spiro atoms. The van der Waals surface area contributed by atoms with Crippen molar-refractivity contribution in [2.75, 3.05) is 0 Å². The quantitative estimate of drug-likeness (QED) is 0.237. The fourth-order valence-corrected chi connectivity index (χ4v) is 6.68. The van der Waals surface area contributed by atoms with Crippen molar-refractivity contribution in [2.45, 2.75) is 25.3 Å². The molecule has 1 atom stereocenters. The molecule has 0 radical (unpaired) electrons. The summed E-state index contributed by atoms with van der Waals surface area (Å²) in [7, 11) is 0. The SMILES string of the molecule is O=c1c(=Cc2cccc(Br)c2)sc2n1C(c1ccc(Cl)cc1)C1=C(N=2)C(=Cc2ccc(Cl)cc2)CCC1.